The lowest BCUT2D eigenvalue weighted by atomic mass is 10.1. The van der Waals surface area contributed by atoms with Gasteiger partial charge in [-0.05, 0) is 29.8 Å². The molecule has 3 rings (SSSR count). The minimum Gasteiger partial charge on any atom is -0.467 e. The number of benzene rings is 1. The maximum absolute atomic E-state index is 13.3. The fourth-order valence-corrected chi connectivity index (χ4v) is 3.71. The number of hydrogen-bond donors (Lipinski definition) is 0. The van der Waals surface area contributed by atoms with E-state index in [1.807, 2.05) is 43.3 Å². The van der Waals surface area contributed by atoms with E-state index in [9.17, 15) is 13.2 Å². The summed E-state index contributed by atoms with van der Waals surface area (Å²) in [5, 5.41) is -0.441. The third-order valence-corrected chi connectivity index (χ3v) is 6.41. The number of nitrogens with zero attached hydrogens (tertiary/aromatic N) is 4. The molecule has 10 heteroatoms. The van der Waals surface area contributed by atoms with E-state index < -0.39 is 20.9 Å². The summed E-state index contributed by atoms with van der Waals surface area (Å²) in [5.74, 6) is -0.130. The van der Waals surface area contributed by atoms with E-state index in [0.29, 0.717) is 5.76 Å². The number of sulfone groups is 1. The number of rotatable bonds is 8. The largest absolute Gasteiger partial charge is 0.467 e. The molecule has 0 aliphatic carbocycles. The minimum absolute atomic E-state index is 0.0209. The number of aromatic nitrogens is 2. The molecule has 0 aliphatic heterocycles. The Kier molecular flexibility index (Phi) is 6.97. The second-order valence-corrected chi connectivity index (χ2v) is 9.63. The molecule has 3 aromatic rings. The molecule has 1 aromatic carbocycles. The van der Waals surface area contributed by atoms with E-state index in [1.54, 1.807) is 12.1 Å². The molecule has 8 nitrogen and oxygen atoms in total. The first kappa shape index (κ1) is 22.8. The molecule has 0 atom stereocenters. The summed E-state index contributed by atoms with van der Waals surface area (Å²) in [5.41, 5.74) is 1.75. The van der Waals surface area contributed by atoms with Gasteiger partial charge in [-0.15, -0.1) is 0 Å². The molecule has 31 heavy (non-hydrogen) atoms. The van der Waals surface area contributed by atoms with Crippen molar-refractivity contribution in [2.75, 3.05) is 24.7 Å². The summed E-state index contributed by atoms with van der Waals surface area (Å²) >= 11 is 6.17. The van der Waals surface area contributed by atoms with Gasteiger partial charge in [0, 0.05) is 26.3 Å². The van der Waals surface area contributed by atoms with Crippen LogP contribution in [0.3, 0.4) is 0 Å². The van der Waals surface area contributed by atoms with Crippen molar-refractivity contribution in [2.45, 2.75) is 25.2 Å². The van der Waals surface area contributed by atoms with Gasteiger partial charge in [0.1, 0.15) is 5.76 Å². The first-order valence-corrected chi connectivity index (χ1v) is 11.6. The Morgan fingerprint density at radius 1 is 1.13 bits per heavy atom. The van der Waals surface area contributed by atoms with Crippen molar-refractivity contribution in [1.29, 1.82) is 0 Å². The van der Waals surface area contributed by atoms with Crippen LogP contribution in [0.15, 0.2) is 58.4 Å². The molecule has 0 aliphatic rings. The summed E-state index contributed by atoms with van der Waals surface area (Å²) in [7, 11) is 0.197. The summed E-state index contributed by atoms with van der Waals surface area (Å²) in [6, 6.07) is 11.2. The van der Waals surface area contributed by atoms with Crippen molar-refractivity contribution in [2.24, 2.45) is 0 Å². The molecule has 2 aromatic heterocycles. The summed E-state index contributed by atoms with van der Waals surface area (Å²) in [4.78, 5) is 24.6. The predicted octanol–water partition coefficient (Wildman–Crippen LogP) is 3.43. The first-order valence-electron chi connectivity index (χ1n) is 9.54. The normalized spacial score (nSPS) is 11.4. The van der Waals surface area contributed by atoms with Crippen LogP contribution in [0, 0.1) is 0 Å². The maximum atomic E-state index is 13.3. The Bertz CT molecular complexity index is 1150. The molecular weight excluding hydrogens is 440 g/mol. The topological polar surface area (TPSA) is 96.6 Å². The van der Waals surface area contributed by atoms with Crippen molar-refractivity contribution in [1.82, 2.24) is 14.9 Å². The number of furan rings is 1. The van der Waals surface area contributed by atoms with Gasteiger partial charge < -0.3 is 14.2 Å². The third kappa shape index (κ3) is 5.42. The molecule has 0 unspecified atom stereocenters. The highest BCUT2D eigenvalue weighted by atomic mass is 35.5. The highest BCUT2D eigenvalue weighted by molar-refractivity contribution is 7.91. The fraction of sp³-hybridized carbons (Fsp3) is 0.286. The van der Waals surface area contributed by atoms with E-state index in [2.05, 4.69) is 9.97 Å². The average Bonchev–Trinajstić information content (AvgIpc) is 3.26. The van der Waals surface area contributed by atoms with Crippen molar-refractivity contribution in [3.05, 3.63) is 70.9 Å². The van der Waals surface area contributed by atoms with Crippen LogP contribution in [0.2, 0.25) is 5.02 Å². The van der Waals surface area contributed by atoms with Crippen LogP contribution < -0.4 is 4.90 Å². The molecule has 0 spiro atoms. The fourth-order valence-electron chi connectivity index (χ4n) is 2.84. The van der Waals surface area contributed by atoms with Gasteiger partial charge in [-0.25, -0.2) is 18.4 Å². The van der Waals surface area contributed by atoms with Crippen LogP contribution in [0.25, 0.3) is 0 Å². The van der Waals surface area contributed by atoms with Gasteiger partial charge in [-0.1, -0.05) is 30.7 Å². The monoisotopic (exact) mass is 462 g/mol. The lowest BCUT2D eigenvalue weighted by molar-refractivity contribution is 0.0710. The van der Waals surface area contributed by atoms with Crippen molar-refractivity contribution in [3.8, 4) is 0 Å². The van der Waals surface area contributed by atoms with Gasteiger partial charge in [0.05, 0.1) is 29.8 Å². The van der Waals surface area contributed by atoms with E-state index in [-0.39, 0.29) is 29.6 Å². The smallest absolute Gasteiger partial charge is 0.274 e. The van der Waals surface area contributed by atoms with Crippen LogP contribution in [0.1, 0.15) is 28.7 Å². The summed E-state index contributed by atoms with van der Waals surface area (Å²) in [6.45, 7) is 1.90. The third-order valence-electron chi connectivity index (χ3n) is 4.62. The lowest BCUT2D eigenvalue weighted by Crippen LogP contribution is -2.31. The first-order chi connectivity index (χ1) is 14.7. The van der Waals surface area contributed by atoms with Gasteiger partial charge in [0.25, 0.3) is 5.91 Å². The van der Waals surface area contributed by atoms with E-state index >= 15 is 0 Å². The molecule has 0 N–H and O–H groups in total. The van der Waals surface area contributed by atoms with Crippen LogP contribution in [0.4, 0.5) is 5.69 Å². The second-order valence-electron chi connectivity index (χ2n) is 7.05. The molecule has 2 heterocycles. The Balaban J connectivity index is 1.95. The zero-order chi connectivity index (χ0) is 22.6. The lowest BCUT2D eigenvalue weighted by Gasteiger charge is -2.22. The van der Waals surface area contributed by atoms with Gasteiger partial charge in [0.15, 0.2) is 5.69 Å². The second kappa shape index (κ2) is 9.49. The number of carbonyl (C=O) groups excluding carboxylic acids is 1. The van der Waals surface area contributed by atoms with Crippen LogP contribution >= 0.6 is 11.6 Å². The molecule has 164 valence electrons. The molecule has 0 saturated carbocycles. The molecule has 0 radical (unpaired) electrons. The van der Waals surface area contributed by atoms with Gasteiger partial charge in [-0.2, -0.15) is 0 Å². The number of carbonyl (C=O) groups is 1. The Morgan fingerprint density at radius 2 is 1.84 bits per heavy atom. The summed E-state index contributed by atoms with van der Waals surface area (Å²) < 4.78 is 29.8. The van der Waals surface area contributed by atoms with Crippen molar-refractivity contribution < 1.29 is 17.6 Å². The maximum Gasteiger partial charge on any atom is 0.274 e. The number of amides is 1. The molecule has 0 fully saturated rings. The highest BCUT2D eigenvalue weighted by Gasteiger charge is 2.25. The number of anilines is 1. The van der Waals surface area contributed by atoms with E-state index in [0.717, 1.165) is 17.4 Å². The van der Waals surface area contributed by atoms with E-state index in [4.69, 9.17) is 16.0 Å². The van der Waals surface area contributed by atoms with Crippen molar-refractivity contribution in [3.63, 3.8) is 0 Å². The summed E-state index contributed by atoms with van der Waals surface area (Å²) in [6.07, 6.45) is 2.66. The standard InChI is InChI=1S/C21H23ClN4O4S/c1-4-31(28,29)21-23-12-18(22)19(24-21)20(27)26(14-17-6-5-11-30-17)13-15-7-9-16(10-8-15)25(2)3/h5-12H,4,13-14H2,1-3H3. The Hall–Kier alpha value is -2.91. The molecule has 0 saturated heterocycles. The predicted molar refractivity (Wildman–Crippen MR) is 118 cm³/mol. The zero-order valence-corrected chi connectivity index (χ0v) is 19.0. The van der Waals surface area contributed by atoms with Gasteiger partial charge >= 0.3 is 0 Å². The number of halogens is 1. The quantitative estimate of drug-likeness (QED) is 0.473. The van der Waals surface area contributed by atoms with Crippen LogP contribution in [-0.2, 0) is 22.9 Å². The van der Waals surface area contributed by atoms with Crippen molar-refractivity contribution >= 4 is 33.0 Å². The number of hydrogen-bond acceptors (Lipinski definition) is 7. The average molecular weight is 463 g/mol. The van der Waals surface area contributed by atoms with E-state index in [1.165, 1.54) is 18.1 Å². The minimum atomic E-state index is -3.69. The highest BCUT2D eigenvalue weighted by Crippen LogP contribution is 2.21. The Morgan fingerprint density at radius 3 is 2.42 bits per heavy atom. The van der Waals surface area contributed by atoms with Gasteiger partial charge in [-0.3, -0.25) is 4.79 Å². The molecule has 1 amide bonds. The molecule has 0 bridgehead atoms. The van der Waals surface area contributed by atoms with Crippen LogP contribution in [0.5, 0.6) is 0 Å². The zero-order valence-electron chi connectivity index (χ0n) is 17.4. The molecular formula is C21H23ClN4O4S. The van der Waals surface area contributed by atoms with Gasteiger partial charge in [0.2, 0.25) is 15.0 Å². The Labute approximate surface area is 186 Å². The van der Waals surface area contributed by atoms with Crippen LogP contribution in [-0.4, -0.2) is 49.0 Å². The SMILES string of the molecule is CCS(=O)(=O)c1ncc(Cl)c(C(=O)N(Cc2ccc(N(C)C)cc2)Cc2ccco2)n1.